The lowest BCUT2D eigenvalue weighted by Crippen LogP contribution is -2.37. The van der Waals surface area contributed by atoms with E-state index in [-0.39, 0.29) is 17.8 Å². The predicted octanol–water partition coefficient (Wildman–Crippen LogP) is 2.66. The fraction of sp³-hybridized carbons (Fsp3) is 0.417. The zero-order valence-corrected chi connectivity index (χ0v) is 10.9. The maximum absolute atomic E-state index is 13.3. The zero-order valence-electron chi connectivity index (χ0n) is 9.34. The van der Waals surface area contributed by atoms with Crippen molar-refractivity contribution in [1.29, 1.82) is 0 Å². The van der Waals surface area contributed by atoms with E-state index in [2.05, 4.69) is 21.2 Å². The topological polar surface area (TPSA) is 29.1 Å². The molecule has 1 aromatic carbocycles. The normalized spacial score (nSPS) is 12.6. The summed E-state index contributed by atoms with van der Waals surface area (Å²) in [4.78, 5) is 11.2. The molecule has 1 atom stereocenters. The molecular weight excluding hydrogens is 273 g/mol. The fourth-order valence-corrected chi connectivity index (χ4v) is 1.81. The van der Waals surface area contributed by atoms with E-state index < -0.39 is 4.83 Å². The second-order valence-corrected chi connectivity index (χ2v) is 5.03. The van der Waals surface area contributed by atoms with Crippen LogP contribution in [0.5, 0.6) is 0 Å². The molecule has 1 N–H and O–H groups in total. The molecule has 1 unspecified atom stereocenters. The van der Waals surface area contributed by atoms with Gasteiger partial charge in [-0.05, 0) is 31.9 Å². The first-order valence-electron chi connectivity index (χ1n) is 5.18. The Kier molecular flexibility index (Phi) is 4.93. The molecule has 16 heavy (non-hydrogen) atoms. The van der Waals surface area contributed by atoms with Crippen LogP contribution in [-0.4, -0.2) is 16.8 Å². The molecule has 0 saturated heterocycles. The minimum atomic E-state index is -0.396. The molecular formula is C12H15BrFNO. The molecule has 0 saturated carbocycles. The van der Waals surface area contributed by atoms with E-state index in [1.165, 1.54) is 6.07 Å². The average molecular weight is 288 g/mol. The van der Waals surface area contributed by atoms with Crippen LogP contribution in [0.3, 0.4) is 0 Å². The number of amides is 1. The third kappa shape index (κ3) is 3.93. The maximum atomic E-state index is 13.3. The predicted molar refractivity (Wildman–Crippen MR) is 66.1 cm³/mol. The van der Waals surface area contributed by atoms with Crippen LogP contribution in [0.15, 0.2) is 24.3 Å². The number of benzene rings is 1. The smallest absolute Gasteiger partial charge is 0.234 e. The minimum Gasteiger partial charge on any atom is -0.353 e. The molecule has 0 heterocycles. The molecule has 1 rings (SSSR count). The summed E-state index contributed by atoms with van der Waals surface area (Å²) < 4.78 is 13.3. The highest BCUT2D eigenvalue weighted by Crippen LogP contribution is 2.13. The first-order chi connectivity index (χ1) is 7.50. The highest BCUT2D eigenvalue weighted by atomic mass is 79.9. The summed E-state index contributed by atoms with van der Waals surface area (Å²) in [5.41, 5.74) is 0.545. The summed E-state index contributed by atoms with van der Waals surface area (Å²) in [5, 5.41) is 2.77. The Labute approximate surface area is 103 Å². The quantitative estimate of drug-likeness (QED) is 0.848. The molecule has 0 radical (unpaired) electrons. The fourth-order valence-electron chi connectivity index (χ4n) is 1.32. The number of hydrogen-bond donors (Lipinski definition) is 1. The monoisotopic (exact) mass is 287 g/mol. The Morgan fingerprint density at radius 2 is 2.06 bits per heavy atom. The lowest BCUT2D eigenvalue weighted by Gasteiger charge is -2.13. The van der Waals surface area contributed by atoms with Gasteiger partial charge in [0.1, 0.15) is 5.82 Å². The number of hydrogen-bond acceptors (Lipinski definition) is 1. The van der Waals surface area contributed by atoms with Crippen molar-refractivity contribution < 1.29 is 9.18 Å². The van der Waals surface area contributed by atoms with Gasteiger partial charge in [-0.3, -0.25) is 4.79 Å². The van der Waals surface area contributed by atoms with E-state index in [0.717, 1.165) is 0 Å². The lowest BCUT2D eigenvalue weighted by molar-refractivity contribution is -0.120. The Bertz CT molecular complexity index is 368. The molecule has 0 fully saturated rings. The molecule has 4 heteroatoms. The van der Waals surface area contributed by atoms with Gasteiger partial charge in [-0.1, -0.05) is 34.1 Å². The molecule has 0 aliphatic heterocycles. The van der Waals surface area contributed by atoms with Gasteiger partial charge in [-0.15, -0.1) is 0 Å². The Morgan fingerprint density at radius 3 is 2.62 bits per heavy atom. The third-order valence-electron chi connectivity index (χ3n) is 2.07. The van der Waals surface area contributed by atoms with Crippen LogP contribution < -0.4 is 5.32 Å². The van der Waals surface area contributed by atoms with Crippen molar-refractivity contribution >= 4 is 21.8 Å². The van der Waals surface area contributed by atoms with Gasteiger partial charge in [0.25, 0.3) is 0 Å². The number of nitrogens with one attached hydrogen (secondary N) is 1. The number of alkyl halides is 1. The Morgan fingerprint density at radius 1 is 1.44 bits per heavy atom. The summed E-state index contributed by atoms with van der Waals surface area (Å²) in [5.74, 6) is -0.387. The van der Waals surface area contributed by atoms with E-state index in [4.69, 9.17) is 0 Å². The van der Waals surface area contributed by atoms with Gasteiger partial charge < -0.3 is 5.32 Å². The SMILES string of the molecule is CC(C)NC(=O)C(Br)Cc1ccccc1F. The van der Waals surface area contributed by atoms with Crippen LogP contribution in [-0.2, 0) is 11.2 Å². The molecule has 2 nitrogen and oxygen atoms in total. The van der Waals surface area contributed by atoms with Crippen molar-refractivity contribution in [3.05, 3.63) is 35.6 Å². The van der Waals surface area contributed by atoms with Crippen LogP contribution in [0.1, 0.15) is 19.4 Å². The highest BCUT2D eigenvalue weighted by Gasteiger charge is 2.17. The van der Waals surface area contributed by atoms with Crippen molar-refractivity contribution in [2.45, 2.75) is 31.1 Å². The summed E-state index contributed by atoms with van der Waals surface area (Å²) >= 11 is 3.26. The van der Waals surface area contributed by atoms with Crippen molar-refractivity contribution in [2.24, 2.45) is 0 Å². The Balaban J connectivity index is 2.61. The number of carbonyl (C=O) groups excluding carboxylic acids is 1. The van der Waals surface area contributed by atoms with Crippen molar-refractivity contribution in [2.75, 3.05) is 0 Å². The standard InChI is InChI=1S/C12H15BrFNO/c1-8(2)15-12(16)10(13)7-9-5-3-4-6-11(9)14/h3-6,8,10H,7H2,1-2H3,(H,15,16). The Hall–Kier alpha value is -0.900. The third-order valence-corrected chi connectivity index (χ3v) is 2.81. The molecule has 0 aliphatic rings. The number of carbonyl (C=O) groups is 1. The largest absolute Gasteiger partial charge is 0.353 e. The van der Waals surface area contributed by atoms with Crippen LogP contribution in [0, 0.1) is 5.82 Å². The van der Waals surface area contributed by atoms with Crippen LogP contribution >= 0.6 is 15.9 Å². The second kappa shape index (κ2) is 5.99. The van der Waals surface area contributed by atoms with Crippen molar-refractivity contribution in [1.82, 2.24) is 5.32 Å². The number of rotatable bonds is 4. The van der Waals surface area contributed by atoms with E-state index in [9.17, 15) is 9.18 Å². The molecule has 1 amide bonds. The molecule has 0 bridgehead atoms. The molecule has 0 aromatic heterocycles. The van der Waals surface area contributed by atoms with E-state index in [1.807, 2.05) is 13.8 Å². The second-order valence-electron chi connectivity index (χ2n) is 3.93. The minimum absolute atomic E-state index is 0.0909. The summed E-state index contributed by atoms with van der Waals surface area (Å²) in [7, 11) is 0. The van der Waals surface area contributed by atoms with Crippen molar-refractivity contribution in [3.63, 3.8) is 0 Å². The first-order valence-corrected chi connectivity index (χ1v) is 6.10. The van der Waals surface area contributed by atoms with Gasteiger partial charge in [-0.25, -0.2) is 4.39 Å². The highest BCUT2D eigenvalue weighted by molar-refractivity contribution is 9.10. The van der Waals surface area contributed by atoms with Gasteiger partial charge in [0.05, 0.1) is 4.83 Å². The van der Waals surface area contributed by atoms with Gasteiger partial charge in [-0.2, -0.15) is 0 Å². The summed E-state index contributed by atoms with van der Waals surface area (Å²) in [6.07, 6.45) is 0.352. The molecule has 88 valence electrons. The van der Waals surface area contributed by atoms with Crippen LogP contribution in [0.4, 0.5) is 4.39 Å². The van der Waals surface area contributed by atoms with Gasteiger partial charge in [0, 0.05) is 6.04 Å². The molecule has 1 aromatic rings. The first kappa shape index (κ1) is 13.2. The number of halogens is 2. The van der Waals surface area contributed by atoms with Gasteiger partial charge >= 0.3 is 0 Å². The molecule has 0 spiro atoms. The van der Waals surface area contributed by atoms with E-state index in [1.54, 1.807) is 18.2 Å². The van der Waals surface area contributed by atoms with E-state index in [0.29, 0.717) is 12.0 Å². The van der Waals surface area contributed by atoms with Gasteiger partial charge in [0.2, 0.25) is 5.91 Å². The molecule has 0 aliphatic carbocycles. The van der Waals surface area contributed by atoms with E-state index >= 15 is 0 Å². The summed E-state index contributed by atoms with van der Waals surface area (Å²) in [6, 6.07) is 6.57. The average Bonchev–Trinajstić information content (AvgIpc) is 2.20. The zero-order chi connectivity index (χ0) is 12.1. The van der Waals surface area contributed by atoms with Crippen LogP contribution in [0.2, 0.25) is 0 Å². The lowest BCUT2D eigenvalue weighted by atomic mass is 10.1. The van der Waals surface area contributed by atoms with Crippen LogP contribution in [0.25, 0.3) is 0 Å². The van der Waals surface area contributed by atoms with Crippen molar-refractivity contribution in [3.8, 4) is 0 Å². The maximum Gasteiger partial charge on any atom is 0.234 e. The van der Waals surface area contributed by atoms with Gasteiger partial charge in [0.15, 0.2) is 0 Å². The summed E-state index contributed by atoms with van der Waals surface area (Å²) in [6.45, 7) is 3.78.